The van der Waals surface area contributed by atoms with E-state index in [1.165, 1.54) is 6.26 Å². The lowest BCUT2D eigenvalue weighted by atomic mass is 10.2. The summed E-state index contributed by atoms with van der Waals surface area (Å²) in [5.74, 6) is 0.265. The predicted octanol–water partition coefficient (Wildman–Crippen LogP) is 1.96. The second-order valence-electron chi connectivity index (χ2n) is 5.93. The van der Waals surface area contributed by atoms with Gasteiger partial charge in [-0.05, 0) is 31.2 Å². The third-order valence-electron chi connectivity index (χ3n) is 4.11. The summed E-state index contributed by atoms with van der Waals surface area (Å²) in [4.78, 5) is 21.4. The molecule has 2 aromatic rings. The fourth-order valence-corrected chi connectivity index (χ4v) is 2.78. The summed E-state index contributed by atoms with van der Waals surface area (Å²) in [6, 6.07) is 9.31. The van der Waals surface area contributed by atoms with Crippen molar-refractivity contribution < 1.29 is 13.9 Å². The van der Waals surface area contributed by atoms with Crippen LogP contribution in [-0.2, 0) is 11.3 Å². The molecule has 3 rings (SSSR count). The van der Waals surface area contributed by atoms with E-state index in [4.69, 9.17) is 9.15 Å². The fraction of sp³-hybridized carbons (Fsp3) is 0.444. The molecule has 128 valence electrons. The molecular weight excluding hydrogens is 306 g/mol. The molecule has 1 fully saturated rings. The number of pyridine rings is 1. The zero-order valence-electron chi connectivity index (χ0n) is 14.0. The van der Waals surface area contributed by atoms with Crippen LogP contribution in [0, 0.1) is 6.92 Å². The number of carbonyl (C=O) groups excluding carboxylic acids is 1. The highest BCUT2D eigenvalue weighted by Gasteiger charge is 2.20. The van der Waals surface area contributed by atoms with Gasteiger partial charge in [-0.25, -0.2) is 0 Å². The Morgan fingerprint density at radius 2 is 2.08 bits per heavy atom. The maximum absolute atomic E-state index is 12.7. The minimum atomic E-state index is -0.100. The molecule has 0 radical (unpaired) electrons. The van der Waals surface area contributed by atoms with E-state index in [-0.39, 0.29) is 5.91 Å². The molecule has 0 spiro atoms. The van der Waals surface area contributed by atoms with Gasteiger partial charge in [0.05, 0.1) is 31.7 Å². The van der Waals surface area contributed by atoms with Crippen LogP contribution in [0.3, 0.4) is 0 Å². The minimum absolute atomic E-state index is 0.100. The van der Waals surface area contributed by atoms with Crippen molar-refractivity contribution in [2.24, 2.45) is 0 Å². The van der Waals surface area contributed by atoms with E-state index in [1.54, 1.807) is 17.0 Å². The largest absolute Gasteiger partial charge is 0.459 e. The zero-order valence-corrected chi connectivity index (χ0v) is 14.0. The van der Waals surface area contributed by atoms with Crippen LogP contribution in [0.4, 0.5) is 0 Å². The summed E-state index contributed by atoms with van der Waals surface area (Å²) in [5.41, 5.74) is 1.84. The molecule has 0 aliphatic carbocycles. The predicted molar refractivity (Wildman–Crippen MR) is 89.7 cm³/mol. The van der Waals surface area contributed by atoms with E-state index in [0.29, 0.717) is 18.8 Å². The van der Waals surface area contributed by atoms with Gasteiger partial charge in [0.2, 0.25) is 0 Å². The van der Waals surface area contributed by atoms with Gasteiger partial charge >= 0.3 is 0 Å². The van der Waals surface area contributed by atoms with Crippen molar-refractivity contribution >= 4 is 5.91 Å². The van der Waals surface area contributed by atoms with E-state index >= 15 is 0 Å². The van der Waals surface area contributed by atoms with E-state index in [1.807, 2.05) is 25.1 Å². The summed E-state index contributed by atoms with van der Waals surface area (Å²) in [5, 5.41) is 0. The van der Waals surface area contributed by atoms with Gasteiger partial charge in [-0.1, -0.05) is 6.07 Å². The average Bonchev–Trinajstić information content (AvgIpc) is 3.13. The molecule has 3 heterocycles. The lowest BCUT2D eigenvalue weighted by Crippen LogP contribution is -2.43. The lowest BCUT2D eigenvalue weighted by molar-refractivity contribution is 0.0315. The SMILES string of the molecule is Cc1cccc(CN(CCN2CCOCC2)C(=O)c2ccco2)n1. The highest BCUT2D eigenvalue weighted by atomic mass is 16.5. The van der Waals surface area contributed by atoms with Crippen molar-refractivity contribution in [2.45, 2.75) is 13.5 Å². The highest BCUT2D eigenvalue weighted by molar-refractivity contribution is 5.91. The van der Waals surface area contributed by atoms with Gasteiger partial charge in [0.1, 0.15) is 0 Å². The molecular formula is C18H23N3O3. The average molecular weight is 329 g/mol. The third-order valence-corrected chi connectivity index (χ3v) is 4.11. The molecule has 1 aliphatic heterocycles. The Morgan fingerprint density at radius 1 is 1.25 bits per heavy atom. The molecule has 0 unspecified atom stereocenters. The summed E-state index contributed by atoms with van der Waals surface area (Å²) in [6.45, 7) is 7.21. The quantitative estimate of drug-likeness (QED) is 0.811. The van der Waals surface area contributed by atoms with Crippen LogP contribution >= 0.6 is 0 Å². The first kappa shape index (κ1) is 16.7. The van der Waals surface area contributed by atoms with E-state index < -0.39 is 0 Å². The Balaban J connectivity index is 1.68. The molecule has 2 aromatic heterocycles. The monoisotopic (exact) mass is 329 g/mol. The van der Waals surface area contributed by atoms with Crippen LogP contribution in [0.15, 0.2) is 41.0 Å². The third kappa shape index (κ3) is 4.43. The fourth-order valence-electron chi connectivity index (χ4n) is 2.78. The van der Waals surface area contributed by atoms with Gasteiger partial charge < -0.3 is 14.1 Å². The molecule has 1 saturated heterocycles. The van der Waals surface area contributed by atoms with Crippen LogP contribution in [0.2, 0.25) is 0 Å². The molecule has 0 N–H and O–H groups in total. The summed E-state index contributed by atoms with van der Waals surface area (Å²) < 4.78 is 10.7. The van der Waals surface area contributed by atoms with E-state index in [9.17, 15) is 4.79 Å². The molecule has 0 aromatic carbocycles. The normalized spacial score (nSPS) is 15.4. The highest BCUT2D eigenvalue weighted by Crippen LogP contribution is 2.11. The Kier molecular flexibility index (Phi) is 5.61. The molecule has 1 aliphatic rings. The number of aryl methyl sites for hydroxylation is 1. The molecule has 1 amide bonds. The van der Waals surface area contributed by atoms with Crippen LogP contribution in [-0.4, -0.2) is 60.1 Å². The number of carbonyl (C=O) groups is 1. The van der Waals surface area contributed by atoms with Gasteiger partial charge in [-0.15, -0.1) is 0 Å². The van der Waals surface area contributed by atoms with Crippen LogP contribution in [0.1, 0.15) is 21.9 Å². The number of hydrogen-bond donors (Lipinski definition) is 0. The number of furan rings is 1. The molecule has 24 heavy (non-hydrogen) atoms. The Hall–Kier alpha value is -2.18. The minimum Gasteiger partial charge on any atom is -0.459 e. The van der Waals surface area contributed by atoms with Gasteiger partial charge in [0.15, 0.2) is 5.76 Å². The van der Waals surface area contributed by atoms with Gasteiger partial charge in [0.25, 0.3) is 5.91 Å². The first-order valence-electron chi connectivity index (χ1n) is 8.28. The number of aromatic nitrogens is 1. The summed E-state index contributed by atoms with van der Waals surface area (Å²) >= 11 is 0. The smallest absolute Gasteiger partial charge is 0.289 e. The Bertz CT molecular complexity index is 651. The topological polar surface area (TPSA) is 58.8 Å². The van der Waals surface area contributed by atoms with Crippen LogP contribution in [0.25, 0.3) is 0 Å². The first-order valence-corrected chi connectivity index (χ1v) is 8.28. The Morgan fingerprint density at radius 3 is 2.79 bits per heavy atom. The van der Waals surface area contributed by atoms with Crippen molar-refractivity contribution in [2.75, 3.05) is 39.4 Å². The molecule has 0 saturated carbocycles. The van der Waals surface area contributed by atoms with Crippen molar-refractivity contribution in [3.8, 4) is 0 Å². The maximum atomic E-state index is 12.7. The second-order valence-corrected chi connectivity index (χ2v) is 5.93. The van der Waals surface area contributed by atoms with E-state index in [2.05, 4.69) is 9.88 Å². The number of amides is 1. The molecule has 0 bridgehead atoms. The number of morpholine rings is 1. The Labute approximate surface area is 142 Å². The standard InChI is InChI=1S/C18H23N3O3/c1-15-4-2-5-16(19-15)14-21(18(22)17-6-3-11-24-17)8-7-20-9-12-23-13-10-20/h2-6,11H,7-10,12-14H2,1H3. The second kappa shape index (κ2) is 8.08. The van der Waals surface area contributed by atoms with E-state index in [0.717, 1.165) is 44.2 Å². The molecule has 6 nitrogen and oxygen atoms in total. The van der Waals surface area contributed by atoms with Gasteiger partial charge in [-0.2, -0.15) is 0 Å². The van der Waals surface area contributed by atoms with Crippen molar-refractivity contribution in [3.05, 3.63) is 53.7 Å². The number of rotatable bonds is 6. The number of ether oxygens (including phenoxy) is 1. The maximum Gasteiger partial charge on any atom is 0.289 e. The number of nitrogens with zero attached hydrogens (tertiary/aromatic N) is 3. The van der Waals surface area contributed by atoms with Crippen LogP contribution in [0.5, 0.6) is 0 Å². The summed E-state index contributed by atoms with van der Waals surface area (Å²) in [7, 11) is 0. The lowest BCUT2D eigenvalue weighted by Gasteiger charge is -2.29. The number of hydrogen-bond acceptors (Lipinski definition) is 5. The van der Waals surface area contributed by atoms with Crippen molar-refractivity contribution in [1.82, 2.24) is 14.8 Å². The zero-order chi connectivity index (χ0) is 16.8. The van der Waals surface area contributed by atoms with Crippen molar-refractivity contribution in [1.29, 1.82) is 0 Å². The van der Waals surface area contributed by atoms with Gasteiger partial charge in [-0.3, -0.25) is 14.7 Å². The van der Waals surface area contributed by atoms with Crippen molar-refractivity contribution in [3.63, 3.8) is 0 Å². The first-order chi connectivity index (χ1) is 11.7. The molecule has 0 atom stereocenters. The van der Waals surface area contributed by atoms with Crippen LogP contribution < -0.4 is 0 Å². The molecule has 6 heteroatoms. The summed E-state index contributed by atoms with van der Waals surface area (Å²) in [6.07, 6.45) is 1.53. The van der Waals surface area contributed by atoms with Gasteiger partial charge in [0, 0.05) is 31.9 Å².